The first kappa shape index (κ1) is 11.0. The van der Waals surface area contributed by atoms with Crippen LogP contribution in [0.15, 0.2) is 0 Å². The van der Waals surface area contributed by atoms with Crippen molar-refractivity contribution >= 4 is 0 Å². The van der Waals surface area contributed by atoms with Gasteiger partial charge in [-0.05, 0) is 31.7 Å². The van der Waals surface area contributed by atoms with E-state index in [1.54, 1.807) is 7.11 Å². The van der Waals surface area contributed by atoms with Gasteiger partial charge in [0.05, 0.1) is 6.61 Å². The molecule has 0 aromatic rings. The lowest BCUT2D eigenvalue weighted by Crippen LogP contribution is -2.24. The zero-order valence-electron chi connectivity index (χ0n) is 8.55. The van der Waals surface area contributed by atoms with E-state index in [9.17, 15) is 0 Å². The highest BCUT2D eigenvalue weighted by molar-refractivity contribution is 4.64. The standard InChI is InChI=1S/C10H21NO2/c1-12-9-6-11-5-2-10-3-7-13-8-4-10/h10-11H,2-9H2,1H3. The summed E-state index contributed by atoms with van der Waals surface area (Å²) in [5.41, 5.74) is 0. The van der Waals surface area contributed by atoms with Crippen LogP contribution in [-0.2, 0) is 9.47 Å². The van der Waals surface area contributed by atoms with Crippen LogP contribution in [0.4, 0.5) is 0 Å². The maximum atomic E-state index is 5.30. The number of rotatable bonds is 6. The summed E-state index contributed by atoms with van der Waals surface area (Å²) < 4.78 is 10.3. The SMILES string of the molecule is COCCNCCC1CCOCC1. The predicted molar refractivity (Wildman–Crippen MR) is 52.9 cm³/mol. The summed E-state index contributed by atoms with van der Waals surface area (Å²) >= 11 is 0. The lowest BCUT2D eigenvalue weighted by Gasteiger charge is -2.21. The van der Waals surface area contributed by atoms with E-state index >= 15 is 0 Å². The Morgan fingerprint density at radius 2 is 2.08 bits per heavy atom. The van der Waals surface area contributed by atoms with Crippen LogP contribution < -0.4 is 5.32 Å². The number of hydrogen-bond acceptors (Lipinski definition) is 3. The Hall–Kier alpha value is -0.120. The molecule has 0 atom stereocenters. The molecule has 0 spiro atoms. The van der Waals surface area contributed by atoms with E-state index in [0.717, 1.165) is 38.8 Å². The van der Waals surface area contributed by atoms with E-state index in [0.29, 0.717) is 0 Å². The van der Waals surface area contributed by atoms with Gasteiger partial charge < -0.3 is 14.8 Å². The number of hydrogen-bond donors (Lipinski definition) is 1. The molecular weight excluding hydrogens is 166 g/mol. The molecule has 3 heteroatoms. The van der Waals surface area contributed by atoms with Gasteiger partial charge in [-0.1, -0.05) is 0 Å². The van der Waals surface area contributed by atoms with Gasteiger partial charge in [-0.3, -0.25) is 0 Å². The average molecular weight is 187 g/mol. The Labute approximate surface area is 80.8 Å². The van der Waals surface area contributed by atoms with Crippen LogP contribution in [-0.4, -0.2) is 40.0 Å². The first-order chi connectivity index (χ1) is 6.43. The molecule has 1 saturated heterocycles. The fraction of sp³-hybridized carbons (Fsp3) is 1.00. The van der Waals surface area contributed by atoms with Gasteiger partial charge in [-0.2, -0.15) is 0 Å². The zero-order chi connectivity index (χ0) is 9.36. The first-order valence-electron chi connectivity index (χ1n) is 5.21. The van der Waals surface area contributed by atoms with Crippen molar-refractivity contribution in [1.82, 2.24) is 5.32 Å². The predicted octanol–water partition coefficient (Wildman–Crippen LogP) is 1.04. The van der Waals surface area contributed by atoms with Crippen molar-refractivity contribution in [2.24, 2.45) is 5.92 Å². The summed E-state index contributed by atoms with van der Waals surface area (Å²) in [4.78, 5) is 0. The fourth-order valence-electron chi connectivity index (χ4n) is 1.64. The third-order valence-electron chi connectivity index (χ3n) is 2.55. The zero-order valence-corrected chi connectivity index (χ0v) is 8.55. The minimum absolute atomic E-state index is 0.813. The minimum atomic E-state index is 0.813. The molecule has 13 heavy (non-hydrogen) atoms. The molecule has 0 aromatic heterocycles. The van der Waals surface area contributed by atoms with Crippen molar-refractivity contribution in [3.63, 3.8) is 0 Å². The van der Waals surface area contributed by atoms with Gasteiger partial charge in [0, 0.05) is 26.9 Å². The van der Waals surface area contributed by atoms with Gasteiger partial charge in [-0.25, -0.2) is 0 Å². The smallest absolute Gasteiger partial charge is 0.0587 e. The highest BCUT2D eigenvalue weighted by atomic mass is 16.5. The second-order valence-corrected chi connectivity index (χ2v) is 3.59. The van der Waals surface area contributed by atoms with E-state index in [1.165, 1.54) is 19.3 Å². The van der Waals surface area contributed by atoms with Crippen LogP contribution in [0.1, 0.15) is 19.3 Å². The Balaban J connectivity index is 1.86. The van der Waals surface area contributed by atoms with Crippen LogP contribution in [0.3, 0.4) is 0 Å². The molecule has 1 N–H and O–H groups in total. The Bertz CT molecular complexity index is 113. The highest BCUT2D eigenvalue weighted by Gasteiger charge is 2.12. The molecule has 1 fully saturated rings. The second-order valence-electron chi connectivity index (χ2n) is 3.59. The van der Waals surface area contributed by atoms with E-state index in [4.69, 9.17) is 9.47 Å². The van der Waals surface area contributed by atoms with Crippen molar-refractivity contribution in [2.45, 2.75) is 19.3 Å². The van der Waals surface area contributed by atoms with Gasteiger partial charge in [-0.15, -0.1) is 0 Å². The largest absolute Gasteiger partial charge is 0.383 e. The van der Waals surface area contributed by atoms with Gasteiger partial charge in [0.1, 0.15) is 0 Å². The topological polar surface area (TPSA) is 30.5 Å². The molecule has 1 heterocycles. The van der Waals surface area contributed by atoms with Crippen molar-refractivity contribution in [3.05, 3.63) is 0 Å². The van der Waals surface area contributed by atoms with Gasteiger partial charge in [0.25, 0.3) is 0 Å². The highest BCUT2D eigenvalue weighted by Crippen LogP contribution is 2.17. The van der Waals surface area contributed by atoms with Crippen molar-refractivity contribution in [3.8, 4) is 0 Å². The molecule has 0 aliphatic carbocycles. The normalized spacial score (nSPS) is 19.2. The molecule has 0 saturated carbocycles. The quantitative estimate of drug-likeness (QED) is 0.630. The molecule has 1 aliphatic heterocycles. The molecule has 78 valence electrons. The van der Waals surface area contributed by atoms with Crippen molar-refractivity contribution in [1.29, 1.82) is 0 Å². The molecule has 0 bridgehead atoms. The van der Waals surface area contributed by atoms with Crippen molar-refractivity contribution in [2.75, 3.05) is 40.0 Å². The van der Waals surface area contributed by atoms with Crippen LogP contribution >= 0.6 is 0 Å². The third-order valence-corrected chi connectivity index (χ3v) is 2.55. The number of nitrogens with one attached hydrogen (secondary N) is 1. The summed E-state index contributed by atoms with van der Waals surface area (Å²) in [5, 5.41) is 3.37. The molecule has 3 nitrogen and oxygen atoms in total. The minimum Gasteiger partial charge on any atom is -0.383 e. The summed E-state index contributed by atoms with van der Waals surface area (Å²) in [6, 6.07) is 0. The van der Waals surface area contributed by atoms with Crippen LogP contribution in [0.2, 0.25) is 0 Å². The average Bonchev–Trinajstić information content (AvgIpc) is 2.19. The Kier molecular flexibility index (Phi) is 6.15. The third kappa shape index (κ3) is 5.24. The van der Waals surface area contributed by atoms with E-state index in [-0.39, 0.29) is 0 Å². The van der Waals surface area contributed by atoms with E-state index in [1.807, 2.05) is 0 Å². The monoisotopic (exact) mass is 187 g/mol. The molecule has 0 aromatic carbocycles. The molecule has 0 amide bonds. The summed E-state index contributed by atoms with van der Waals surface area (Å²) in [6.07, 6.45) is 3.77. The maximum Gasteiger partial charge on any atom is 0.0587 e. The first-order valence-corrected chi connectivity index (χ1v) is 5.21. The van der Waals surface area contributed by atoms with E-state index in [2.05, 4.69) is 5.32 Å². The Morgan fingerprint density at radius 3 is 2.77 bits per heavy atom. The summed E-state index contributed by atoms with van der Waals surface area (Å²) in [5.74, 6) is 0.879. The van der Waals surface area contributed by atoms with Crippen LogP contribution in [0, 0.1) is 5.92 Å². The van der Waals surface area contributed by atoms with Crippen LogP contribution in [0.5, 0.6) is 0 Å². The maximum absolute atomic E-state index is 5.30. The second kappa shape index (κ2) is 7.30. The van der Waals surface area contributed by atoms with Gasteiger partial charge in [0.2, 0.25) is 0 Å². The molecule has 0 radical (unpaired) electrons. The molecule has 1 rings (SSSR count). The van der Waals surface area contributed by atoms with E-state index < -0.39 is 0 Å². The summed E-state index contributed by atoms with van der Waals surface area (Å²) in [7, 11) is 1.74. The summed E-state index contributed by atoms with van der Waals surface area (Å²) in [6.45, 7) is 4.83. The fourth-order valence-corrected chi connectivity index (χ4v) is 1.64. The molecule has 1 aliphatic rings. The molecular formula is C10H21NO2. The number of methoxy groups -OCH3 is 1. The Morgan fingerprint density at radius 1 is 1.31 bits per heavy atom. The lowest BCUT2D eigenvalue weighted by atomic mass is 9.97. The lowest BCUT2D eigenvalue weighted by molar-refractivity contribution is 0.0638. The van der Waals surface area contributed by atoms with Crippen molar-refractivity contribution < 1.29 is 9.47 Å². The van der Waals surface area contributed by atoms with Gasteiger partial charge >= 0.3 is 0 Å². The van der Waals surface area contributed by atoms with Gasteiger partial charge in [0.15, 0.2) is 0 Å². The van der Waals surface area contributed by atoms with Crippen LogP contribution in [0.25, 0.3) is 0 Å². The number of ether oxygens (including phenoxy) is 2. The molecule has 0 unspecified atom stereocenters.